The molecule has 1 unspecified atom stereocenters. The number of nitrogens with zero attached hydrogens (tertiary/aromatic N) is 4. The predicted octanol–water partition coefficient (Wildman–Crippen LogP) is 10.6. The summed E-state index contributed by atoms with van der Waals surface area (Å²) in [6, 6.07) is 33.6. The highest BCUT2D eigenvalue weighted by atomic mass is 19.1. The summed E-state index contributed by atoms with van der Waals surface area (Å²) in [5.74, 6) is -0.683. The third-order valence-corrected chi connectivity index (χ3v) is 15.3. The summed E-state index contributed by atoms with van der Waals surface area (Å²) >= 11 is 0. The van der Waals surface area contributed by atoms with Crippen molar-refractivity contribution in [2.24, 2.45) is 15.9 Å². The predicted molar refractivity (Wildman–Crippen MR) is 309 cm³/mol. The topological polar surface area (TPSA) is 199 Å². The molecule has 418 valence electrons. The number of aliphatic imine (C=N–C) groups is 2. The molecule has 0 radical (unpaired) electrons. The Morgan fingerprint density at radius 3 is 1.62 bits per heavy atom. The SMILES string of the molecule is COc1cc2c(cc1OCCCOc1cc3c(cc1OC)C(=O)N1C=C(c4ccc(NC(=O)C(C)NC(=O)[C@@H](NC(=O)OCC5c6ccccc6-c6ccccc65)C(C)C)cc4)C[C@H]1C=N3)N=C[C@@H]1CC(c3ccc(F)cc3)=CN1C2=O. The molecule has 0 aromatic heterocycles. The van der Waals surface area contributed by atoms with Crippen LogP contribution in [0.3, 0.4) is 0 Å². The Morgan fingerprint density at radius 2 is 1.12 bits per heavy atom. The van der Waals surface area contributed by atoms with Gasteiger partial charge in [0.15, 0.2) is 23.0 Å². The van der Waals surface area contributed by atoms with E-state index in [1.165, 1.54) is 26.4 Å². The minimum absolute atomic E-state index is 0.0972. The molecule has 1 aliphatic carbocycles. The van der Waals surface area contributed by atoms with Crippen molar-refractivity contribution in [3.05, 3.63) is 173 Å². The summed E-state index contributed by atoms with van der Waals surface area (Å²) in [5, 5.41) is 8.31. The Balaban J connectivity index is 0.656. The average molecular weight is 1110 g/mol. The van der Waals surface area contributed by atoms with Crippen LogP contribution in [0.15, 0.2) is 144 Å². The van der Waals surface area contributed by atoms with E-state index in [1.54, 1.807) is 97.7 Å². The monoisotopic (exact) mass is 1110 g/mol. The van der Waals surface area contributed by atoms with Crippen molar-refractivity contribution in [1.29, 1.82) is 0 Å². The van der Waals surface area contributed by atoms with Gasteiger partial charge in [-0.05, 0) is 93.8 Å². The second-order valence-corrected chi connectivity index (χ2v) is 20.9. The molecule has 4 aliphatic heterocycles. The third kappa shape index (κ3) is 11.0. The Bertz CT molecular complexity index is 3590. The molecule has 0 fully saturated rings. The van der Waals surface area contributed by atoms with E-state index in [1.807, 2.05) is 54.7 Å². The Kier molecular flexibility index (Phi) is 15.4. The molecule has 0 bridgehead atoms. The maximum Gasteiger partial charge on any atom is 0.407 e. The first kappa shape index (κ1) is 54.4. The van der Waals surface area contributed by atoms with E-state index in [9.17, 15) is 28.4 Å². The van der Waals surface area contributed by atoms with E-state index < -0.39 is 30.0 Å². The minimum Gasteiger partial charge on any atom is -0.493 e. The van der Waals surface area contributed by atoms with Gasteiger partial charge in [-0.3, -0.25) is 29.2 Å². The number of hydrogen-bond donors (Lipinski definition) is 3. The van der Waals surface area contributed by atoms with Gasteiger partial charge in [-0.25, -0.2) is 9.18 Å². The van der Waals surface area contributed by atoms with E-state index in [0.29, 0.717) is 70.4 Å². The molecule has 0 spiro atoms. The third-order valence-electron chi connectivity index (χ3n) is 15.3. The van der Waals surface area contributed by atoms with Gasteiger partial charge in [-0.2, -0.15) is 0 Å². The van der Waals surface area contributed by atoms with Crippen molar-refractivity contribution in [3.8, 4) is 34.1 Å². The molecule has 3 N–H and O–H groups in total. The van der Waals surface area contributed by atoms with Crippen LogP contribution in [0, 0.1) is 11.7 Å². The lowest BCUT2D eigenvalue weighted by Crippen LogP contribution is -2.53. The van der Waals surface area contributed by atoms with E-state index in [2.05, 4.69) is 33.1 Å². The van der Waals surface area contributed by atoms with E-state index in [4.69, 9.17) is 28.7 Å². The number of hydrogen-bond acceptors (Lipinski definition) is 12. The molecule has 18 heteroatoms. The fourth-order valence-corrected chi connectivity index (χ4v) is 10.9. The van der Waals surface area contributed by atoms with Gasteiger partial charge in [0.05, 0.1) is 62.0 Å². The molecule has 6 aromatic rings. The summed E-state index contributed by atoms with van der Waals surface area (Å²) in [5.41, 5.74) is 9.96. The van der Waals surface area contributed by atoms with E-state index in [-0.39, 0.29) is 61.4 Å². The first-order valence-corrected chi connectivity index (χ1v) is 27.2. The number of methoxy groups -OCH3 is 2. The molecule has 6 aromatic carbocycles. The van der Waals surface area contributed by atoms with Crippen LogP contribution in [0.5, 0.6) is 23.0 Å². The molecular weight excluding hydrogens is 1050 g/mol. The van der Waals surface area contributed by atoms with Gasteiger partial charge in [0.1, 0.15) is 24.5 Å². The van der Waals surface area contributed by atoms with E-state index >= 15 is 0 Å². The van der Waals surface area contributed by atoms with Gasteiger partial charge in [0, 0.05) is 67.8 Å². The molecule has 4 heterocycles. The van der Waals surface area contributed by atoms with Gasteiger partial charge in [-0.1, -0.05) is 86.6 Å². The highest BCUT2D eigenvalue weighted by Crippen LogP contribution is 2.45. The second-order valence-electron chi connectivity index (χ2n) is 20.9. The molecule has 17 nitrogen and oxygen atoms in total. The minimum atomic E-state index is -0.959. The summed E-state index contributed by atoms with van der Waals surface area (Å²) in [6.07, 6.45) is 7.86. The number of rotatable bonds is 18. The highest BCUT2D eigenvalue weighted by Gasteiger charge is 2.36. The number of alkyl carbamates (subject to hydrolysis) is 1. The fourth-order valence-electron chi connectivity index (χ4n) is 10.9. The average Bonchev–Trinajstić information content (AvgIpc) is 3.37. The number of carbonyl (C=O) groups excluding carboxylic acids is 5. The van der Waals surface area contributed by atoms with Crippen LogP contribution in [0.25, 0.3) is 22.3 Å². The normalized spacial score (nSPS) is 17.2. The highest BCUT2D eigenvalue weighted by molar-refractivity contribution is 6.07. The van der Waals surface area contributed by atoms with Crippen LogP contribution in [-0.2, 0) is 14.3 Å². The largest absolute Gasteiger partial charge is 0.493 e. The van der Waals surface area contributed by atoms with Crippen LogP contribution in [0.2, 0.25) is 0 Å². The molecule has 5 aliphatic rings. The second kappa shape index (κ2) is 23.3. The van der Waals surface area contributed by atoms with Gasteiger partial charge in [0.25, 0.3) is 11.8 Å². The van der Waals surface area contributed by atoms with Gasteiger partial charge >= 0.3 is 6.09 Å². The fraction of sp³-hybridized carbons (Fsp3) is 0.266. The number of halogens is 1. The number of ether oxygens (including phenoxy) is 5. The molecule has 0 saturated heterocycles. The number of carbonyl (C=O) groups is 5. The van der Waals surface area contributed by atoms with Crippen LogP contribution in [0.1, 0.15) is 88.9 Å². The molecule has 0 saturated carbocycles. The number of amides is 5. The van der Waals surface area contributed by atoms with Crippen molar-refractivity contribution in [2.45, 2.75) is 70.1 Å². The number of nitrogens with one attached hydrogen (secondary N) is 3. The van der Waals surface area contributed by atoms with Gasteiger partial charge in [0.2, 0.25) is 11.8 Å². The maximum atomic E-state index is 14.1. The Labute approximate surface area is 473 Å². The molecular formula is C64H60FN7O10. The zero-order valence-corrected chi connectivity index (χ0v) is 45.8. The van der Waals surface area contributed by atoms with Crippen molar-refractivity contribution in [1.82, 2.24) is 20.4 Å². The zero-order valence-electron chi connectivity index (χ0n) is 45.8. The zero-order chi connectivity index (χ0) is 57.2. The standard InChI is InChI=1S/C64H60FN7O10/c1-36(2)59(70-64(77)82-35-52-48-13-8-6-11-46(48)47-12-7-9-14-49(47)52)61(74)68-37(3)60(73)69-43-21-17-39(18-22-43)41-26-45-32-67-54-30-58(56(79-5)28-51(54)63(76)72(45)34-41)81-24-10-23-80-57-29-53-50(27-55(57)78-4)62(75)71-33-40(25-44(71)31-66-53)38-15-19-42(65)20-16-38/h6-9,11-22,27-34,36-37,44-45,52,59H,10,23-26,35H2,1-5H3,(H,68,74)(H,69,73)(H,70,77)/t37?,44-,45-,59-/m0/s1. The van der Waals surface area contributed by atoms with Crippen molar-refractivity contribution >= 4 is 70.4 Å². The number of anilines is 1. The summed E-state index contributed by atoms with van der Waals surface area (Å²) in [6.45, 7) is 5.75. The Hall–Kier alpha value is -9.58. The summed E-state index contributed by atoms with van der Waals surface area (Å²) in [7, 11) is 3.01. The summed E-state index contributed by atoms with van der Waals surface area (Å²) < 4.78 is 42.9. The van der Waals surface area contributed by atoms with E-state index in [0.717, 1.165) is 44.5 Å². The van der Waals surface area contributed by atoms with Crippen molar-refractivity contribution < 1.29 is 52.0 Å². The number of fused-ring (bicyclic) bond motifs is 7. The van der Waals surface area contributed by atoms with Gasteiger partial charge < -0.3 is 49.4 Å². The first-order valence-electron chi connectivity index (χ1n) is 27.2. The van der Waals surface area contributed by atoms with Crippen LogP contribution in [-0.4, -0.2) is 110 Å². The quantitative estimate of drug-likeness (QED) is 0.0696. The lowest BCUT2D eigenvalue weighted by atomic mass is 9.98. The smallest absolute Gasteiger partial charge is 0.407 e. The maximum absolute atomic E-state index is 14.1. The molecule has 5 amide bonds. The first-order chi connectivity index (χ1) is 39.7. The molecule has 82 heavy (non-hydrogen) atoms. The van der Waals surface area contributed by atoms with Crippen molar-refractivity contribution in [3.63, 3.8) is 0 Å². The van der Waals surface area contributed by atoms with Gasteiger partial charge in [-0.15, -0.1) is 0 Å². The molecule has 4 atom stereocenters. The lowest BCUT2D eigenvalue weighted by Gasteiger charge is -2.24. The Morgan fingerprint density at radius 1 is 0.622 bits per heavy atom. The molecule has 11 rings (SSSR count). The van der Waals surface area contributed by atoms with Crippen molar-refractivity contribution in [2.75, 3.05) is 39.4 Å². The van der Waals surface area contributed by atoms with Crippen LogP contribution in [0.4, 0.5) is 26.2 Å². The number of benzene rings is 6. The summed E-state index contributed by atoms with van der Waals surface area (Å²) in [4.78, 5) is 80.6. The lowest BCUT2D eigenvalue weighted by molar-refractivity contribution is -0.128. The van der Waals surface area contributed by atoms with Crippen LogP contribution >= 0.6 is 0 Å². The van der Waals surface area contributed by atoms with Crippen LogP contribution < -0.4 is 34.9 Å².